The van der Waals surface area contributed by atoms with Crippen molar-refractivity contribution in [2.75, 3.05) is 0 Å². The molecule has 0 fully saturated rings. The highest BCUT2D eigenvalue weighted by Crippen LogP contribution is 2.49. The Bertz CT molecular complexity index is 624. The highest BCUT2D eigenvalue weighted by Gasteiger charge is 2.42. The van der Waals surface area contributed by atoms with Gasteiger partial charge in [-0.2, -0.15) is 0 Å². The number of aromatic amines is 1. The quantitative estimate of drug-likeness (QED) is 0.686. The molecule has 4 rings (SSSR count). The predicted molar refractivity (Wildman–Crippen MR) is 72.4 cm³/mol. The molecule has 3 nitrogen and oxygen atoms in total. The molecule has 0 radical (unpaired) electrons. The summed E-state index contributed by atoms with van der Waals surface area (Å²) in [6, 6.07) is 3.48. The molecule has 0 aromatic carbocycles. The smallest absolute Gasteiger partial charge is 0.248 e. The van der Waals surface area contributed by atoms with E-state index in [0.29, 0.717) is 0 Å². The third-order valence-electron chi connectivity index (χ3n) is 4.21. The van der Waals surface area contributed by atoms with Crippen LogP contribution in [0.3, 0.4) is 0 Å². The van der Waals surface area contributed by atoms with Crippen LogP contribution in [0.1, 0.15) is 43.9 Å². The molecule has 2 atom stereocenters. The molecule has 94 valence electrons. The summed E-state index contributed by atoms with van der Waals surface area (Å²) in [5, 5.41) is 0. The average Bonchev–Trinajstić information content (AvgIpc) is 2.51. The molecule has 1 unspecified atom stereocenters. The van der Waals surface area contributed by atoms with Crippen molar-refractivity contribution in [3.8, 4) is 0 Å². The Morgan fingerprint density at radius 3 is 3.00 bits per heavy atom. The number of aromatic nitrogens is 1. The number of nitrogens with one attached hydrogen (secondary N) is 1. The van der Waals surface area contributed by atoms with E-state index >= 15 is 0 Å². The van der Waals surface area contributed by atoms with Gasteiger partial charge in [-0.25, -0.2) is 0 Å². The van der Waals surface area contributed by atoms with E-state index in [2.05, 4.69) is 24.1 Å². The number of nitrogens with two attached hydrogens (primary N) is 1. The van der Waals surface area contributed by atoms with Crippen molar-refractivity contribution in [3.63, 3.8) is 0 Å². The third-order valence-corrected chi connectivity index (χ3v) is 4.21. The molecule has 0 saturated heterocycles. The molecule has 2 bridgehead atoms. The van der Waals surface area contributed by atoms with Crippen molar-refractivity contribution < 1.29 is 0 Å². The fraction of sp³-hybridized carbons (Fsp3) is 0.400. The Labute approximate surface area is 106 Å². The highest BCUT2D eigenvalue weighted by atomic mass is 16.1. The molecule has 0 spiro atoms. The van der Waals surface area contributed by atoms with E-state index in [-0.39, 0.29) is 11.5 Å². The molecule has 3 N–H and O–H groups in total. The maximum Gasteiger partial charge on any atom is 0.248 e. The van der Waals surface area contributed by atoms with Crippen molar-refractivity contribution in [2.45, 2.75) is 38.1 Å². The topological polar surface area (TPSA) is 58.9 Å². The lowest BCUT2D eigenvalue weighted by atomic mass is 9.71. The van der Waals surface area contributed by atoms with Crippen LogP contribution in [0.4, 0.5) is 0 Å². The summed E-state index contributed by atoms with van der Waals surface area (Å²) in [4.78, 5) is 14.5. The molecule has 3 aliphatic carbocycles. The van der Waals surface area contributed by atoms with E-state index in [4.69, 9.17) is 5.73 Å². The minimum absolute atomic E-state index is 0.0435. The van der Waals surface area contributed by atoms with E-state index in [1.54, 1.807) is 6.07 Å². The number of rotatable bonds is 0. The Morgan fingerprint density at radius 2 is 2.28 bits per heavy atom. The molecule has 1 aromatic rings. The Morgan fingerprint density at radius 1 is 1.50 bits per heavy atom. The average molecular weight is 242 g/mol. The van der Waals surface area contributed by atoms with Gasteiger partial charge in [-0.05, 0) is 43.9 Å². The van der Waals surface area contributed by atoms with Gasteiger partial charge >= 0.3 is 0 Å². The van der Waals surface area contributed by atoms with Crippen LogP contribution in [0.15, 0.2) is 40.2 Å². The maximum atomic E-state index is 11.5. The highest BCUT2D eigenvalue weighted by molar-refractivity contribution is 5.49. The second-order valence-corrected chi connectivity index (χ2v) is 5.44. The number of hydrogen-bond acceptors (Lipinski definition) is 2. The van der Waals surface area contributed by atoms with Gasteiger partial charge < -0.3 is 10.7 Å². The molecule has 1 heterocycles. The zero-order chi connectivity index (χ0) is 12.9. The van der Waals surface area contributed by atoms with Crippen LogP contribution in [0, 0.1) is 0 Å². The standard InChI is InChI=1S/C15H18N2O/c1-3-11-7-10-6-9(2)8-15(11,16)12-4-5-13(18)17-14(10)12/h3-6,10H,7-8,16H2,1-2H3,(H,17,18)/t10?,15-/m1/s1. The van der Waals surface area contributed by atoms with Crippen molar-refractivity contribution in [2.24, 2.45) is 5.73 Å². The molecule has 18 heavy (non-hydrogen) atoms. The lowest BCUT2D eigenvalue weighted by molar-refractivity contribution is 0.472. The largest absolute Gasteiger partial charge is 0.325 e. The van der Waals surface area contributed by atoms with Crippen LogP contribution in [0.5, 0.6) is 0 Å². The van der Waals surface area contributed by atoms with Gasteiger partial charge in [-0.1, -0.05) is 17.7 Å². The molecular formula is C15H18N2O. The first-order valence-corrected chi connectivity index (χ1v) is 6.40. The zero-order valence-corrected chi connectivity index (χ0v) is 10.8. The first-order valence-electron chi connectivity index (χ1n) is 6.40. The van der Waals surface area contributed by atoms with Crippen LogP contribution in [-0.2, 0) is 5.54 Å². The Kier molecular flexibility index (Phi) is 2.35. The summed E-state index contributed by atoms with van der Waals surface area (Å²) in [5.41, 5.74) is 10.9. The summed E-state index contributed by atoms with van der Waals surface area (Å²) >= 11 is 0. The number of hydrogen-bond donors (Lipinski definition) is 2. The van der Waals surface area contributed by atoms with E-state index in [1.807, 2.05) is 13.0 Å². The minimum Gasteiger partial charge on any atom is -0.325 e. The van der Waals surface area contributed by atoms with E-state index in [0.717, 1.165) is 24.1 Å². The van der Waals surface area contributed by atoms with E-state index in [1.165, 1.54) is 11.1 Å². The normalized spacial score (nSPS) is 32.1. The summed E-state index contributed by atoms with van der Waals surface area (Å²) in [6.45, 7) is 4.17. The SMILES string of the molecule is CC=C1CC2C=C(C)C[C@]1(N)c1ccc(=O)[nH]c12. The Balaban J connectivity index is 2.34. The van der Waals surface area contributed by atoms with Crippen LogP contribution < -0.4 is 11.3 Å². The van der Waals surface area contributed by atoms with E-state index < -0.39 is 5.54 Å². The fourth-order valence-electron chi connectivity index (χ4n) is 3.43. The van der Waals surface area contributed by atoms with Crippen LogP contribution >= 0.6 is 0 Å². The molecule has 0 amide bonds. The fourth-order valence-corrected chi connectivity index (χ4v) is 3.43. The zero-order valence-electron chi connectivity index (χ0n) is 10.8. The second kappa shape index (κ2) is 3.69. The Hall–Kier alpha value is -1.61. The van der Waals surface area contributed by atoms with Gasteiger partial charge in [-0.15, -0.1) is 0 Å². The van der Waals surface area contributed by atoms with Crippen LogP contribution in [0.25, 0.3) is 0 Å². The predicted octanol–water partition coefficient (Wildman–Crippen LogP) is 2.31. The summed E-state index contributed by atoms with van der Waals surface area (Å²) in [6.07, 6.45) is 6.13. The van der Waals surface area contributed by atoms with Crippen molar-refractivity contribution in [3.05, 3.63) is 57.0 Å². The van der Waals surface area contributed by atoms with Gasteiger partial charge in [0.15, 0.2) is 0 Å². The van der Waals surface area contributed by atoms with Gasteiger partial charge in [0.2, 0.25) is 5.56 Å². The van der Waals surface area contributed by atoms with Gasteiger partial charge in [0.1, 0.15) is 0 Å². The second-order valence-electron chi connectivity index (χ2n) is 5.44. The van der Waals surface area contributed by atoms with Gasteiger partial charge in [-0.3, -0.25) is 4.79 Å². The van der Waals surface area contributed by atoms with Crippen LogP contribution in [0.2, 0.25) is 0 Å². The first-order chi connectivity index (χ1) is 8.54. The number of allylic oxidation sites excluding steroid dienone is 2. The number of H-pyrrole nitrogens is 1. The monoisotopic (exact) mass is 242 g/mol. The van der Waals surface area contributed by atoms with Crippen molar-refractivity contribution in [1.29, 1.82) is 0 Å². The van der Waals surface area contributed by atoms with Gasteiger partial charge in [0, 0.05) is 17.7 Å². The summed E-state index contributed by atoms with van der Waals surface area (Å²) < 4.78 is 0. The third kappa shape index (κ3) is 1.44. The minimum atomic E-state index is -0.443. The van der Waals surface area contributed by atoms with Crippen molar-refractivity contribution in [1.82, 2.24) is 4.98 Å². The van der Waals surface area contributed by atoms with Crippen LogP contribution in [-0.4, -0.2) is 4.98 Å². The summed E-state index contributed by atoms with van der Waals surface area (Å²) in [7, 11) is 0. The first kappa shape index (κ1) is 11.5. The molecule has 3 aliphatic rings. The lowest BCUT2D eigenvalue weighted by Gasteiger charge is -2.38. The van der Waals surface area contributed by atoms with Crippen molar-refractivity contribution >= 4 is 0 Å². The molecule has 0 saturated carbocycles. The number of fused-ring (bicyclic) bond motifs is 2. The summed E-state index contributed by atoms with van der Waals surface area (Å²) in [5.74, 6) is 0.263. The molecule has 3 heteroatoms. The number of pyridine rings is 1. The molecular weight excluding hydrogens is 224 g/mol. The van der Waals surface area contributed by atoms with Gasteiger partial charge in [0.05, 0.1) is 5.54 Å². The van der Waals surface area contributed by atoms with Gasteiger partial charge in [0.25, 0.3) is 0 Å². The lowest BCUT2D eigenvalue weighted by Crippen LogP contribution is -2.42. The van der Waals surface area contributed by atoms with E-state index in [9.17, 15) is 4.79 Å². The maximum absolute atomic E-state index is 11.5. The molecule has 0 aliphatic heterocycles. The molecule has 1 aromatic heterocycles.